The maximum atomic E-state index is 11.9. The number of nitrogens with one attached hydrogen (secondary N) is 1. The first-order valence-electron chi connectivity index (χ1n) is 7.39. The number of rotatable bonds is 7. The number of carbonyl (C=O) groups excluding carboxylic acids is 1. The van der Waals surface area contributed by atoms with Crippen LogP contribution in [0, 0.1) is 0 Å². The van der Waals surface area contributed by atoms with Crippen molar-refractivity contribution in [2.45, 2.75) is 32.7 Å². The predicted octanol–water partition coefficient (Wildman–Crippen LogP) is 3.70. The molecule has 1 unspecified atom stereocenters. The largest absolute Gasteiger partial charge is 0.494 e. The predicted molar refractivity (Wildman–Crippen MR) is 97.5 cm³/mol. The van der Waals surface area contributed by atoms with Crippen LogP contribution in [0.1, 0.15) is 26.7 Å². The van der Waals surface area contributed by atoms with E-state index >= 15 is 0 Å². The molecule has 5 nitrogen and oxygen atoms in total. The van der Waals surface area contributed by atoms with Gasteiger partial charge >= 0.3 is 0 Å². The van der Waals surface area contributed by atoms with E-state index in [1.807, 2.05) is 43.5 Å². The van der Waals surface area contributed by atoms with Crippen molar-refractivity contribution in [1.29, 1.82) is 0 Å². The first kappa shape index (κ1) is 19.4. The van der Waals surface area contributed by atoms with Crippen LogP contribution < -0.4 is 15.8 Å². The highest BCUT2D eigenvalue weighted by Gasteiger charge is 2.14. The smallest absolute Gasteiger partial charge is 0.243 e. The zero-order valence-electron chi connectivity index (χ0n) is 13.2. The van der Waals surface area contributed by atoms with Gasteiger partial charge in [0.15, 0.2) is 5.13 Å². The highest BCUT2D eigenvalue weighted by molar-refractivity contribution is 7.14. The summed E-state index contributed by atoms with van der Waals surface area (Å²) in [4.78, 5) is 16.3. The number of hydrogen-bond acceptors (Lipinski definition) is 5. The lowest BCUT2D eigenvalue weighted by atomic mass is 10.2. The maximum Gasteiger partial charge on any atom is 0.243 e. The third-order valence-corrected chi connectivity index (χ3v) is 3.89. The molecule has 0 saturated carbocycles. The minimum absolute atomic E-state index is 0. The van der Waals surface area contributed by atoms with Gasteiger partial charge in [0.1, 0.15) is 5.75 Å². The van der Waals surface area contributed by atoms with Crippen molar-refractivity contribution in [3.63, 3.8) is 0 Å². The second-order valence-corrected chi connectivity index (χ2v) is 5.74. The summed E-state index contributed by atoms with van der Waals surface area (Å²) in [6.45, 7) is 4.59. The molecule has 2 aromatic rings. The zero-order chi connectivity index (χ0) is 15.9. The third-order valence-electron chi connectivity index (χ3n) is 3.13. The molecule has 1 heterocycles. The lowest BCUT2D eigenvalue weighted by molar-refractivity contribution is -0.117. The molecule has 2 rings (SSSR count). The van der Waals surface area contributed by atoms with E-state index in [0.29, 0.717) is 18.2 Å². The van der Waals surface area contributed by atoms with Crippen molar-refractivity contribution >= 4 is 34.8 Å². The van der Waals surface area contributed by atoms with E-state index in [9.17, 15) is 4.79 Å². The molecule has 0 radical (unpaired) electrons. The zero-order valence-corrected chi connectivity index (χ0v) is 14.9. The fourth-order valence-electron chi connectivity index (χ4n) is 1.99. The van der Waals surface area contributed by atoms with Crippen molar-refractivity contribution in [1.82, 2.24) is 4.98 Å². The van der Waals surface area contributed by atoms with E-state index < -0.39 is 6.04 Å². The van der Waals surface area contributed by atoms with Crippen molar-refractivity contribution < 1.29 is 9.53 Å². The van der Waals surface area contributed by atoms with E-state index in [4.69, 9.17) is 10.5 Å². The van der Waals surface area contributed by atoms with Gasteiger partial charge < -0.3 is 15.8 Å². The van der Waals surface area contributed by atoms with Crippen LogP contribution in [0.4, 0.5) is 5.13 Å². The minimum Gasteiger partial charge on any atom is -0.494 e. The van der Waals surface area contributed by atoms with Gasteiger partial charge in [0, 0.05) is 10.9 Å². The molecule has 0 aliphatic carbocycles. The quantitative estimate of drug-likeness (QED) is 0.793. The molecule has 7 heteroatoms. The average Bonchev–Trinajstić information content (AvgIpc) is 2.97. The topological polar surface area (TPSA) is 77.2 Å². The van der Waals surface area contributed by atoms with Crippen LogP contribution in [0.25, 0.3) is 11.3 Å². The van der Waals surface area contributed by atoms with E-state index in [2.05, 4.69) is 10.3 Å². The van der Waals surface area contributed by atoms with Crippen LogP contribution in [0.5, 0.6) is 5.75 Å². The summed E-state index contributed by atoms with van der Waals surface area (Å²) >= 11 is 1.39. The molecular weight excluding hydrogens is 334 g/mol. The van der Waals surface area contributed by atoms with E-state index in [1.165, 1.54) is 11.3 Å². The number of anilines is 1. The Kier molecular flexibility index (Phi) is 8.02. The Hall–Kier alpha value is -1.63. The molecule has 126 valence electrons. The Balaban J connectivity index is 0.00000264. The Morgan fingerprint density at radius 3 is 2.65 bits per heavy atom. The molecule has 3 N–H and O–H groups in total. The summed E-state index contributed by atoms with van der Waals surface area (Å²) in [7, 11) is 0. The van der Waals surface area contributed by atoms with Gasteiger partial charge in [-0.2, -0.15) is 0 Å². The van der Waals surface area contributed by atoms with Crippen molar-refractivity contribution in [3.8, 4) is 17.0 Å². The molecule has 1 atom stereocenters. The van der Waals surface area contributed by atoms with Gasteiger partial charge in [-0.3, -0.25) is 4.79 Å². The summed E-state index contributed by atoms with van der Waals surface area (Å²) in [6, 6.07) is 7.24. The van der Waals surface area contributed by atoms with Crippen LogP contribution in [-0.2, 0) is 4.79 Å². The second-order valence-electron chi connectivity index (χ2n) is 4.88. The number of halogens is 1. The fraction of sp³-hybridized carbons (Fsp3) is 0.375. The minimum atomic E-state index is -0.483. The van der Waals surface area contributed by atoms with E-state index in [-0.39, 0.29) is 18.3 Å². The number of aromatic nitrogens is 1. The van der Waals surface area contributed by atoms with E-state index in [1.54, 1.807) is 0 Å². The number of ether oxygens (including phenoxy) is 1. The van der Waals surface area contributed by atoms with Crippen LogP contribution in [0.2, 0.25) is 0 Å². The molecule has 0 bridgehead atoms. The third kappa shape index (κ3) is 5.49. The summed E-state index contributed by atoms with van der Waals surface area (Å²) in [6.07, 6.45) is 1.55. The molecule has 1 aromatic heterocycles. The highest BCUT2D eigenvalue weighted by atomic mass is 35.5. The van der Waals surface area contributed by atoms with Gasteiger partial charge in [-0.15, -0.1) is 23.7 Å². The van der Waals surface area contributed by atoms with Gasteiger partial charge in [-0.05, 0) is 37.6 Å². The van der Waals surface area contributed by atoms with Crippen LogP contribution in [0.15, 0.2) is 29.6 Å². The molecule has 0 aliphatic rings. The summed E-state index contributed by atoms with van der Waals surface area (Å²) < 4.78 is 5.42. The molecule has 0 fully saturated rings. The van der Waals surface area contributed by atoms with Gasteiger partial charge in [0.05, 0.1) is 18.3 Å². The van der Waals surface area contributed by atoms with Crippen molar-refractivity contribution in [3.05, 3.63) is 29.6 Å². The number of hydrogen-bond donors (Lipinski definition) is 2. The standard InChI is InChI=1S/C16H21N3O2S.ClH/c1-3-5-13(17)15(20)19-16-18-14(10-22-16)11-6-8-12(9-7-11)21-4-2;/h6-10,13H,3-5,17H2,1-2H3,(H,18,19,20);1H. The molecule has 1 aromatic carbocycles. The number of thiazole rings is 1. The Labute approximate surface area is 146 Å². The Bertz CT molecular complexity index is 616. The number of amides is 1. The SMILES string of the molecule is CCCC(N)C(=O)Nc1nc(-c2ccc(OCC)cc2)cs1.Cl. The van der Waals surface area contributed by atoms with Gasteiger partial charge in [0.25, 0.3) is 0 Å². The second kappa shape index (κ2) is 9.50. The maximum absolute atomic E-state index is 11.9. The Morgan fingerprint density at radius 1 is 1.35 bits per heavy atom. The number of nitrogens with zero attached hydrogens (tertiary/aromatic N) is 1. The highest BCUT2D eigenvalue weighted by Crippen LogP contribution is 2.26. The lowest BCUT2D eigenvalue weighted by Gasteiger charge is -2.08. The fourth-order valence-corrected chi connectivity index (χ4v) is 2.72. The number of benzene rings is 1. The monoisotopic (exact) mass is 355 g/mol. The van der Waals surface area contributed by atoms with E-state index in [0.717, 1.165) is 23.4 Å². The molecule has 0 aliphatic heterocycles. The summed E-state index contributed by atoms with van der Waals surface area (Å²) in [5.41, 5.74) is 7.60. The van der Waals surface area contributed by atoms with Gasteiger partial charge in [0.2, 0.25) is 5.91 Å². The first-order chi connectivity index (χ1) is 10.6. The summed E-state index contributed by atoms with van der Waals surface area (Å²) in [5, 5.41) is 5.25. The number of nitrogens with two attached hydrogens (primary N) is 1. The van der Waals surface area contributed by atoms with Crippen LogP contribution in [0.3, 0.4) is 0 Å². The molecular formula is C16H22ClN3O2S. The Morgan fingerprint density at radius 2 is 2.04 bits per heavy atom. The van der Waals surface area contributed by atoms with Crippen LogP contribution >= 0.6 is 23.7 Å². The van der Waals surface area contributed by atoms with Crippen LogP contribution in [-0.4, -0.2) is 23.5 Å². The van der Waals surface area contributed by atoms with Gasteiger partial charge in [-0.1, -0.05) is 13.3 Å². The normalized spacial score (nSPS) is 11.4. The van der Waals surface area contributed by atoms with Gasteiger partial charge in [-0.25, -0.2) is 4.98 Å². The number of carbonyl (C=O) groups is 1. The molecule has 1 amide bonds. The first-order valence-corrected chi connectivity index (χ1v) is 8.27. The summed E-state index contributed by atoms with van der Waals surface area (Å²) in [5.74, 6) is 0.648. The molecule has 0 saturated heterocycles. The molecule has 0 spiro atoms. The van der Waals surface area contributed by atoms with Crippen molar-refractivity contribution in [2.75, 3.05) is 11.9 Å². The average molecular weight is 356 g/mol. The molecule has 23 heavy (non-hydrogen) atoms. The lowest BCUT2D eigenvalue weighted by Crippen LogP contribution is -2.35. The van der Waals surface area contributed by atoms with Crippen molar-refractivity contribution in [2.24, 2.45) is 5.73 Å².